The second-order valence-electron chi connectivity index (χ2n) is 5.40. The molecule has 0 heterocycles. The third-order valence-electron chi connectivity index (χ3n) is 4.04. The number of sulfonamides is 1. The van der Waals surface area contributed by atoms with Crippen LogP contribution < -0.4 is 10.5 Å². The van der Waals surface area contributed by atoms with Gasteiger partial charge in [0.15, 0.2) is 0 Å². The topological polar surface area (TPSA) is 75.4 Å². The molecule has 5 nitrogen and oxygen atoms in total. The molecule has 0 aromatic heterocycles. The van der Waals surface area contributed by atoms with Gasteiger partial charge in [0.25, 0.3) is 0 Å². The second-order valence-corrected chi connectivity index (χ2v) is 6.96. The van der Waals surface area contributed by atoms with E-state index in [2.05, 4.69) is 24.3 Å². The quantitative estimate of drug-likeness (QED) is 0.852. The van der Waals surface area contributed by atoms with Gasteiger partial charge in [-0.3, -0.25) is 0 Å². The molecule has 19 heavy (non-hydrogen) atoms. The number of nitrogens with zero attached hydrogens (tertiary/aromatic N) is 1. The molecule has 106 valence electrons. The molecule has 1 saturated carbocycles. The van der Waals surface area contributed by atoms with Crippen LogP contribution in [0.4, 0.5) is 5.69 Å². The molecule has 1 fully saturated rings. The van der Waals surface area contributed by atoms with Crippen LogP contribution in [0.2, 0.25) is 0 Å². The highest BCUT2D eigenvalue weighted by Crippen LogP contribution is 2.36. The first kappa shape index (κ1) is 14.3. The number of likely N-dealkylation sites (N-methyl/N-ethyl adjacent to an activating group) is 1. The average molecular weight is 283 g/mol. The monoisotopic (exact) mass is 283 g/mol. The molecule has 0 unspecified atom stereocenters. The molecule has 2 rings (SSSR count). The average Bonchev–Trinajstić information content (AvgIpc) is 2.26. The summed E-state index contributed by atoms with van der Waals surface area (Å²) >= 11 is 0. The largest absolute Gasteiger partial charge is 0.383 e. The predicted octanol–water partition coefficient (Wildman–Crippen LogP) is 1.23. The van der Waals surface area contributed by atoms with Crippen molar-refractivity contribution in [1.29, 1.82) is 0 Å². The first-order valence-electron chi connectivity index (χ1n) is 6.38. The van der Waals surface area contributed by atoms with Crippen molar-refractivity contribution in [2.75, 3.05) is 26.0 Å². The van der Waals surface area contributed by atoms with E-state index < -0.39 is 10.0 Å². The first-order valence-corrected chi connectivity index (χ1v) is 7.92. The summed E-state index contributed by atoms with van der Waals surface area (Å²) < 4.78 is 22.3. The number of nitrogens with two attached hydrogens (primary N) is 1. The van der Waals surface area contributed by atoms with Crippen LogP contribution >= 0.6 is 0 Å². The Labute approximate surface area is 114 Å². The fraction of sp³-hybridized carbons (Fsp3) is 0.538. The van der Waals surface area contributed by atoms with Crippen LogP contribution in [-0.4, -0.2) is 39.5 Å². The normalized spacial score (nSPS) is 18.1. The second kappa shape index (κ2) is 5.11. The van der Waals surface area contributed by atoms with Gasteiger partial charge < -0.3 is 10.2 Å². The Kier molecular flexibility index (Phi) is 3.85. The summed E-state index contributed by atoms with van der Waals surface area (Å²) in [5, 5.41) is 8.44. The fourth-order valence-corrected chi connectivity index (χ4v) is 2.91. The van der Waals surface area contributed by atoms with Gasteiger partial charge in [0.1, 0.15) is 0 Å². The van der Waals surface area contributed by atoms with Crippen LogP contribution in [0.3, 0.4) is 0 Å². The van der Waals surface area contributed by atoms with Crippen LogP contribution in [0.1, 0.15) is 19.3 Å². The van der Waals surface area contributed by atoms with Gasteiger partial charge in [-0.1, -0.05) is 0 Å². The summed E-state index contributed by atoms with van der Waals surface area (Å²) in [6, 6.07) is 6.56. The van der Waals surface area contributed by atoms with E-state index >= 15 is 0 Å². The van der Waals surface area contributed by atoms with E-state index in [-0.39, 0.29) is 10.4 Å². The molecule has 0 spiro atoms. The van der Waals surface area contributed by atoms with E-state index in [0.717, 1.165) is 12.2 Å². The molecule has 0 aliphatic heterocycles. The van der Waals surface area contributed by atoms with Gasteiger partial charge in [-0.05, 0) is 57.6 Å². The van der Waals surface area contributed by atoms with Crippen molar-refractivity contribution >= 4 is 15.7 Å². The van der Waals surface area contributed by atoms with E-state index in [0.29, 0.717) is 0 Å². The number of rotatable bonds is 5. The lowest BCUT2D eigenvalue weighted by atomic mass is 9.75. The Morgan fingerprint density at radius 2 is 1.84 bits per heavy atom. The van der Waals surface area contributed by atoms with Crippen molar-refractivity contribution in [3.63, 3.8) is 0 Å². The van der Waals surface area contributed by atoms with E-state index in [1.165, 1.54) is 31.4 Å². The lowest BCUT2D eigenvalue weighted by Crippen LogP contribution is -2.54. The zero-order valence-corrected chi connectivity index (χ0v) is 12.2. The predicted molar refractivity (Wildman–Crippen MR) is 76.6 cm³/mol. The minimum atomic E-state index is -3.61. The molecule has 6 heteroatoms. The minimum absolute atomic E-state index is 0.143. The molecule has 1 aromatic carbocycles. The maximum atomic E-state index is 11.2. The van der Waals surface area contributed by atoms with Gasteiger partial charge >= 0.3 is 0 Å². The highest BCUT2D eigenvalue weighted by Gasteiger charge is 2.38. The number of anilines is 1. The smallest absolute Gasteiger partial charge is 0.238 e. The van der Waals surface area contributed by atoms with E-state index in [9.17, 15) is 8.42 Å². The lowest BCUT2D eigenvalue weighted by Gasteiger charge is -2.47. The van der Waals surface area contributed by atoms with Crippen molar-refractivity contribution in [3.05, 3.63) is 24.3 Å². The Morgan fingerprint density at radius 1 is 1.26 bits per heavy atom. The molecular weight excluding hydrogens is 262 g/mol. The number of hydrogen-bond donors (Lipinski definition) is 2. The van der Waals surface area contributed by atoms with E-state index in [1.54, 1.807) is 12.1 Å². The minimum Gasteiger partial charge on any atom is -0.383 e. The molecule has 1 aromatic rings. The third-order valence-corrected chi connectivity index (χ3v) is 4.97. The zero-order valence-electron chi connectivity index (χ0n) is 11.4. The standard InChI is InChI=1S/C13H21N3O2S/c1-16(2)13(8-3-9-13)10-15-11-4-6-12(7-5-11)19(14,17)18/h4-7,15H,3,8-10H2,1-2H3,(H2,14,17,18). The van der Waals surface area contributed by atoms with Gasteiger partial charge in [-0.15, -0.1) is 0 Å². The van der Waals surface area contributed by atoms with Crippen molar-refractivity contribution < 1.29 is 8.42 Å². The maximum absolute atomic E-state index is 11.2. The molecule has 1 aliphatic rings. The van der Waals surface area contributed by atoms with E-state index in [1.807, 2.05) is 0 Å². The Morgan fingerprint density at radius 3 is 2.21 bits per heavy atom. The number of primary sulfonamides is 1. The van der Waals surface area contributed by atoms with Gasteiger partial charge in [0, 0.05) is 17.8 Å². The Bertz CT molecular complexity index is 534. The van der Waals surface area contributed by atoms with Gasteiger partial charge in [-0.2, -0.15) is 0 Å². The molecule has 0 amide bonds. The number of nitrogens with one attached hydrogen (secondary N) is 1. The van der Waals surface area contributed by atoms with Crippen LogP contribution in [0.25, 0.3) is 0 Å². The third kappa shape index (κ3) is 3.08. The Hall–Kier alpha value is -1.11. The van der Waals surface area contributed by atoms with Crippen molar-refractivity contribution in [3.8, 4) is 0 Å². The number of hydrogen-bond acceptors (Lipinski definition) is 4. The maximum Gasteiger partial charge on any atom is 0.238 e. The van der Waals surface area contributed by atoms with E-state index in [4.69, 9.17) is 5.14 Å². The molecule has 3 N–H and O–H groups in total. The van der Waals surface area contributed by atoms with Crippen molar-refractivity contribution in [1.82, 2.24) is 4.90 Å². The van der Waals surface area contributed by atoms with Crippen LogP contribution in [0.15, 0.2) is 29.2 Å². The number of benzene rings is 1. The van der Waals surface area contributed by atoms with Crippen LogP contribution in [-0.2, 0) is 10.0 Å². The summed E-state index contributed by atoms with van der Waals surface area (Å²) in [4.78, 5) is 2.41. The fourth-order valence-electron chi connectivity index (χ4n) is 2.40. The summed E-state index contributed by atoms with van der Waals surface area (Å²) in [5.41, 5.74) is 1.15. The van der Waals surface area contributed by atoms with Crippen molar-refractivity contribution in [2.45, 2.75) is 29.7 Å². The summed E-state index contributed by atoms with van der Waals surface area (Å²) in [5.74, 6) is 0. The van der Waals surface area contributed by atoms with Gasteiger partial charge in [0.2, 0.25) is 10.0 Å². The molecule has 0 saturated heterocycles. The molecule has 0 bridgehead atoms. The molecule has 0 atom stereocenters. The first-order chi connectivity index (χ1) is 8.83. The molecule has 1 aliphatic carbocycles. The summed E-state index contributed by atoms with van der Waals surface area (Å²) in [7, 11) is 0.598. The highest BCUT2D eigenvalue weighted by atomic mass is 32.2. The highest BCUT2D eigenvalue weighted by molar-refractivity contribution is 7.89. The summed E-state index contributed by atoms with van der Waals surface area (Å²) in [6.07, 6.45) is 3.66. The van der Waals surface area contributed by atoms with Crippen LogP contribution in [0, 0.1) is 0 Å². The van der Waals surface area contributed by atoms with Crippen LogP contribution in [0.5, 0.6) is 0 Å². The Balaban J connectivity index is 2.01. The summed E-state index contributed by atoms with van der Waals surface area (Å²) in [6.45, 7) is 0.870. The zero-order chi connectivity index (χ0) is 14.1. The molecular formula is C13H21N3O2S. The molecule has 0 radical (unpaired) electrons. The van der Waals surface area contributed by atoms with Crippen molar-refractivity contribution in [2.24, 2.45) is 5.14 Å². The lowest BCUT2D eigenvalue weighted by molar-refractivity contribution is 0.0739. The van der Waals surface area contributed by atoms with Gasteiger partial charge in [-0.25, -0.2) is 13.6 Å². The van der Waals surface area contributed by atoms with Gasteiger partial charge in [0.05, 0.1) is 4.90 Å². The SMILES string of the molecule is CN(C)C1(CNc2ccc(S(N)(=O)=O)cc2)CCC1.